The number of anilines is 1. The van der Waals surface area contributed by atoms with Gasteiger partial charge in [-0.1, -0.05) is 12.1 Å². The van der Waals surface area contributed by atoms with Crippen molar-refractivity contribution < 1.29 is 0 Å². The van der Waals surface area contributed by atoms with E-state index in [0.29, 0.717) is 0 Å². The highest BCUT2D eigenvalue weighted by Crippen LogP contribution is 2.33. The highest BCUT2D eigenvalue weighted by molar-refractivity contribution is 9.10. The molecule has 1 heterocycles. The number of aromatic nitrogens is 1. The fourth-order valence-electron chi connectivity index (χ4n) is 1.84. The Hall–Kier alpha value is -1.39. The van der Waals surface area contributed by atoms with Crippen molar-refractivity contribution in [2.24, 2.45) is 0 Å². The summed E-state index contributed by atoms with van der Waals surface area (Å²) in [4.78, 5) is 4.66. The number of hydrogen-bond acceptors (Lipinski definition) is 3. The van der Waals surface area contributed by atoms with Gasteiger partial charge in [0.2, 0.25) is 0 Å². The van der Waals surface area contributed by atoms with Crippen molar-refractivity contribution in [2.45, 2.75) is 6.92 Å². The molecule has 2 nitrogen and oxygen atoms in total. The normalized spacial score (nSPS) is 11.0. The van der Waals surface area contributed by atoms with Crippen molar-refractivity contribution in [3.63, 3.8) is 0 Å². The SMILES string of the molecule is Cc1ccc2sc(-c3ccc(Br)c(N)c3)nc2c1. The van der Waals surface area contributed by atoms with Crippen LogP contribution in [0.1, 0.15) is 5.56 Å². The summed E-state index contributed by atoms with van der Waals surface area (Å²) in [6.45, 7) is 2.08. The van der Waals surface area contributed by atoms with E-state index in [4.69, 9.17) is 5.73 Å². The van der Waals surface area contributed by atoms with Crippen LogP contribution >= 0.6 is 27.3 Å². The second-order valence-corrected chi connectivity index (χ2v) is 6.11. The van der Waals surface area contributed by atoms with Gasteiger partial charge in [-0.15, -0.1) is 11.3 Å². The molecule has 2 N–H and O–H groups in total. The number of hydrogen-bond donors (Lipinski definition) is 1. The molecule has 0 bridgehead atoms. The average molecular weight is 319 g/mol. The molecule has 0 aliphatic rings. The van der Waals surface area contributed by atoms with Crippen LogP contribution in [0.4, 0.5) is 5.69 Å². The molecule has 1 aromatic heterocycles. The molecule has 90 valence electrons. The smallest absolute Gasteiger partial charge is 0.124 e. The lowest BCUT2D eigenvalue weighted by molar-refractivity contribution is 1.44. The minimum absolute atomic E-state index is 0.739. The summed E-state index contributed by atoms with van der Waals surface area (Å²) in [5, 5.41) is 1.01. The fraction of sp³-hybridized carbons (Fsp3) is 0.0714. The maximum atomic E-state index is 5.91. The number of halogens is 1. The first kappa shape index (κ1) is 11.7. The van der Waals surface area contributed by atoms with E-state index in [-0.39, 0.29) is 0 Å². The summed E-state index contributed by atoms with van der Waals surface area (Å²) in [7, 11) is 0. The van der Waals surface area contributed by atoms with Crippen LogP contribution < -0.4 is 5.73 Å². The molecule has 0 amide bonds. The lowest BCUT2D eigenvalue weighted by Crippen LogP contribution is -1.87. The summed E-state index contributed by atoms with van der Waals surface area (Å²) in [5.41, 5.74) is 9.99. The molecule has 0 radical (unpaired) electrons. The lowest BCUT2D eigenvalue weighted by atomic mass is 10.2. The zero-order valence-electron chi connectivity index (χ0n) is 9.77. The molecule has 3 aromatic rings. The van der Waals surface area contributed by atoms with Gasteiger partial charge in [0.15, 0.2) is 0 Å². The molecule has 0 atom stereocenters. The van der Waals surface area contributed by atoms with E-state index < -0.39 is 0 Å². The van der Waals surface area contributed by atoms with E-state index in [1.807, 2.05) is 18.2 Å². The molecule has 2 aromatic carbocycles. The molecule has 0 unspecified atom stereocenters. The van der Waals surface area contributed by atoms with Gasteiger partial charge in [-0.2, -0.15) is 0 Å². The highest BCUT2D eigenvalue weighted by atomic mass is 79.9. The third-order valence-corrected chi connectivity index (χ3v) is 4.59. The van der Waals surface area contributed by atoms with E-state index in [2.05, 4.69) is 46.0 Å². The molecule has 0 saturated heterocycles. The summed E-state index contributed by atoms with van der Waals surface area (Å²) in [6, 6.07) is 12.3. The van der Waals surface area contributed by atoms with Gasteiger partial charge in [0.25, 0.3) is 0 Å². The summed E-state index contributed by atoms with van der Waals surface area (Å²) < 4.78 is 2.13. The van der Waals surface area contributed by atoms with Crippen molar-refractivity contribution >= 4 is 43.2 Å². The van der Waals surface area contributed by atoms with Crippen LogP contribution in [0.3, 0.4) is 0 Å². The molecule has 4 heteroatoms. The number of aryl methyl sites for hydroxylation is 1. The Morgan fingerprint density at radius 2 is 2.00 bits per heavy atom. The Morgan fingerprint density at radius 1 is 1.17 bits per heavy atom. The third kappa shape index (κ3) is 2.02. The second kappa shape index (κ2) is 4.37. The Labute approximate surface area is 118 Å². The van der Waals surface area contributed by atoms with Crippen molar-refractivity contribution in [1.82, 2.24) is 4.98 Å². The number of benzene rings is 2. The molecule has 18 heavy (non-hydrogen) atoms. The quantitative estimate of drug-likeness (QED) is 0.665. The summed E-state index contributed by atoms with van der Waals surface area (Å²) in [5.74, 6) is 0. The average Bonchev–Trinajstić information content (AvgIpc) is 2.75. The van der Waals surface area contributed by atoms with E-state index in [1.54, 1.807) is 11.3 Å². The monoisotopic (exact) mass is 318 g/mol. The van der Waals surface area contributed by atoms with Crippen molar-refractivity contribution in [1.29, 1.82) is 0 Å². The van der Waals surface area contributed by atoms with Gasteiger partial charge < -0.3 is 5.73 Å². The molecular weight excluding hydrogens is 308 g/mol. The van der Waals surface area contributed by atoms with Crippen LogP contribution in [-0.4, -0.2) is 4.98 Å². The molecular formula is C14H11BrN2S. The maximum absolute atomic E-state index is 5.91. The molecule has 0 fully saturated rings. The van der Waals surface area contributed by atoms with E-state index in [0.717, 1.165) is 26.2 Å². The van der Waals surface area contributed by atoms with Crippen LogP contribution in [0, 0.1) is 6.92 Å². The van der Waals surface area contributed by atoms with E-state index in [9.17, 15) is 0 Å². The largest absolute Gasteiger partial charge is 0.398 e. The topological polar surface area (TPSA) is 38.9 Å². The van der Waals surface area contributed by atoms with Crippen LogP contribution in [0.2, 0.25) is 0 Å². The summed E-state index contributed by atoms with van der Waals surface area (Å²) in [6.07, 6.45) is 0. The van der Waals surface area contributed by atoms with E-state index in [1.165, 1.54) is 10.3 Å². The lowest BCUT2D eigenvalue weighted by Gasteiger charge is -2.00. The van der Waals surface area contributed by atoms with Crippen LogP contribution in [-0.2, 0) is 0 Å². The Bertz CT molecular complexity index is 734. The van der Waals surface area contributed by atoms with Crippen LogP contribution in [0.25, 0.3) is 20.8 Å². The predicted molar refractivity (Wildman–Crippen MR) is 81.9 cm³/mol. The van der Waals surface area contributed by atoms with Gasteiger partial charge >= 0.3 is 0 Å². The van der Waals surface area contributed by atoms with Gasteiger partial charge in [0.05, 0.1) is 10.2 Å². The number of thiazole rings is 1. The van der Waals surface area contributed by atoms with Crippen molar-refractivity contribution in [3.05, 3.63) is 46.4 Å². The third-order valence-electron chi connectivity index (χ3n) is 2.79. The molecule has 0 spiro atoms. The second-order valence-electron chi connectivity index (χ2n) is 4.23. The maximum Gasteiger partial charge on any atom is 0.124 e. The molecule has 0 saturated carbocycles. The van der Waals surface area contributed by atoms with Gasteiger partial charge in [-0.3, -0.25) is 0 Å². The first-order valence-corrected chi connectivity index (χ1v) is 7.17. The predicted octanol–water partition coefficient (Wildman–Crippen LogP) is 4.62. The Balaban J connectivity index is 2.16. The molecule has 0 aliphatic heterocycles. The number of nitrogens with two attached hydrogens (primary N) is 1. The number of nitrogens with zero attached hydrogens (tertiary/aromatic N) is 1. The summed E-state index contributed by atoms with van der Waals surface area (Å²) >= 11 is 5.10. The first-order chi connectivity index (χ1) is 8.63. The number of rotatable bonds is 1. The van der Waals surface area contributed by atoms with Crippen LogP contribution in [0.15, 0.2) is 40.9 Å². The fourth-order valence-corrected chi connectivity index (χ4v) is 3.03. The van der Waals surface area contributed by atoms with Crippen molar-refractivity contribution in [2.75, 3.05) is 5.73 Å². The highest BCUT2D eigenvalue weighted by Gasteiger charge is 2.07. The zero-order chi connectivity index (χ0) is 12.7. The van der Waals surface area contributed by atoms with Gasteiger partial charge in [-0.05, 0) is 52.7 Å². The minimum Gasteiger partial charge on any atom is -0.398 e. The van der Waals surface area contributed by atoms with E-state index >= 15 is 0 Å². The zero-order valence-corrected chi connectivity index (χ0v) is 12.2. The standard InChI is InChI=1S/C14H11BrN2S/c1-8-2-5-13-12(6-8)17-14(18-13)9-3-4-10(15)11(16)7-9/h2-7H,16H2,1H3. The minimum atomic E-state index is 0.739. The van der Waals surface area contributed by atoms with Gasteiger partial charge in [0.1, 0.15) is 5.01 Å². The molecule has 0 aliphatic carbocycles. The Kier molecular flexibility index (Phi) is 2.84. The van der Waals surface area contributed by atoms with Crippen LogP contribution in [0.5, 0.6) is 0 Å². The first-order valence-electron chi connectivity index (χ1n) is 5.56. The van der Waals surface area contributed by atoms with Gasteiger partial charge in [-0.25, -0.2) is 4.98 Å². The number of fused-ring (bicyclic) bond motifs is 1. The Morgan fingerprint density at radius 3 is 2.78 bits per heavy atom. The van der Waals surface area contributed by atoms with Crippen molar-refractivity contribution in [3.8, 4) is 10.6 Å². The van der Waals surface area contributed by atoms with Gasteiger partial charge in [0, 0.05) is 15.7 Å². The number of nitrogen functional groups attached to an aromatic ring is 1. The molecule has 3 rings (SSSR count).